The quantitative estimate of drug-likeness (QED) is 0.673. The van der Waals surface area contributed by atoms with E-state index in [1.54, 1.807) is 23.1 Å². The molecule has 0 aliphatic heterocycles. The molecule has 0 radical (unpaired) electrons. The minimum atomic E-state index is -0.343. The van der Waals surface area contributed by atoms with Crippen LogP contribution >= 0.6 is 0 Å². The average molecular weight is 325 g/mol. The summed E-state index contributed by atoms with van der Waals surface area (Å²) in [6.45, 7) is 6.67. The van der Waals surface area contributed by atoms with E-state index in [2.05, 4.69) is 15.2 Å². The number of carbonyl (C=O) groups excluding carboxylic acids is 1. The van der Waals surface area contributed by atoms with Crippen LogP contribution in [0.15, 0.2) is 36.9 Å². The molecule has 0 fully saturated rings. The van der Waals surface area contributed by atoms with Gasteiger partial charge in [0.1, 0.15) is 19.3 Å². The van der Waals surface area contributed by atoms with Gasteiger partial charge in [0.05, 0.1) is 23.5 Å². The third kappa shape index (κ3) is 3.34. The largest absolute Gasteiger partial charge is 0.460 e. The summed E-state index contributed by atoms with van der Waals surface area (Å²) in [5.74, 6) is -0.343. The molecule has 0 bridgehead atoms. The number of hydrogen-bond acceptors (Lipinski definition) is 5. The Hall–Kier alpha value is -2.96. The van der Waals surface area contributed by atoms with Crippen molar-refractivity contribution in [2.45, 2.75) is 27.3 Å². The maximum Gasteiger partial charge on any atom is 0.338 e. The molecule has 24 heavy (non-hydrogen) atoms. The number of aryl methyl sites for hydroxylation is 3. The highest BCUT2D eigenvalue weighted by atomic mass is 16.5. The standard InChI is InChI=1S/C17H19N5O2/c1-12-8-15(4-5-16(12)22-11-18-10-19-22)17(23)24-7-6-21-14(3)9-13(2)20-21/h4-5,8-11H,6-7H2,1-3H3. The van der Waals surface area contributed by atoms with Gasteiger partial charge in [0.2, 0.25) is 0 Å². The molecule has 0 aliphatic rings. The fourth-order valence-electron chi connectivity index (χ4n) is 2.58. The maximum atomic E-state index is 12.2. The Morgan fingerprint density at radius 1 is 1.21 bits per heavy atom. The Balaban J connectivity index is 1.63. The summed E-state index contributed by atoms with van der Waals surface area (Å²) < 4.78 is 8.84. The van der Waals surface area contributed by atoms with Crippen molar-refractivity contribution in [3.63, 3.8) is 0 Å². The lowest BCUT2D eigenvalue weighted by atomic mass is 10.1. The highest BCUT2D eigenvalue weighted by Crippen LogP contribution is 2.15. The fraction of sp³-hybridized carbons (Fsp3) is 0.294. The van der Waals surface area contributed by atoms with Crippen LogP contribution in [0.4, 0.5) is 0 Å². The van der Waals surface area contributed by atoms with Gasteiger partial charge in [-0.3, -0.25) is 4.68 Å². The predicted molar refractivity (Wildman–Crippen MR) is 88.1 cm³/mol. The minimum Gasteiger partial charge on any atom is -0.460 e. The SMILES string of the molecule is Cc1cc(C)n(CCOC(=O)c2ccc(-n3cncn3)c(C)c2)n1. The van der Waals surface area contributed by atoms with Crippen LogP contribution in [-0.2, 0) is 11.3 Å². The summed E-state index contributed by atoms with van der Waals surface area (Å²) in [4.78, 5) is 16.1. The molecular weight excluding hydrogens is 306 g/mol. The maximum absolute atomic E-state index is 12.2. The Morgan fingerprint density at radius 2 is 2.04 bits per heavy atom. The highest BCUT2D eigenvalue weighted by molar-refractivity contribution is 5.90. The lowest BCUT2D eigenvalue weighted by Gasteiger charge is -2.09. The van der Waals surface area contributed by atoms with Gasteiger partial charge in [-0.15, -0.1) is 0 Å². The van der Waals surface area contributed by atoms with Crippen molar-refractivity contribution < 1.29 is 9.53 Å². The second kappa shape index (κ2) is 6.66. The van der Waals surface area contributed by atoms with Crippen LogP contribution in [0.5, 0.6) is 0 Å². The molecule has 0 atom stereocenters. The van der Waals surface area contributed by atoms with Crippen LogP contribution in [0.25, 0.3) is 5.69 Å². The zero-order valence-electron chi connectivity index (χ0n) is 13.9. The molecule has 7 nitrogen and oxygen atoms in total. The third-order valence-corrected chi connectivity index (χ3v) is 3.74. The van der Waals surface area contributed by atoms with E-state index in [0.29, 0.717) is 12.1 Å². The molecule has 2 heterocycles. The highest BCUT2D eigenvalue weighted by Gasteiger charge is 2.11. The van der Waals surface area contributed by atoms with E-state index in [4.69, 9.17) is 4.74 Å². The van der Waals surface area contributed by atoms with E-state index in [-0.39, 0.29) is 12.6 Å². The van der Waals surface area contributed by atoms with Gasteiger partial charge in [-0.2, -0.15) is 10.2 Å². The third-order valence-electron chi connectivity index (χ3n) is 3.74. The van der Waals surface area contributed by atoms with E-state index in [9.17, 15) is 4.79 Å². The van der Waals surface area contributed by atoms with Crippen molar-refractivity contribution in [1.29, 1.82) is 0 Å². The number of nitrogens with zero attached hydrogens (tertiary/aromatic N) is 5. The second-order valence-corrected chi connectivity index (χ2v) is 5.63. The van der Waals surface area contributed by atoms with Crippen molar-refractivity contribution in [3.05, 3.63) is 59.4 Å². The smallest absolute Gasteiger partial charge is 0.338 e. The number of rotatable bonds is 5. The van der Waals surface area contributed by atoms with Gasteiger partial charge in [-0.05, 0) is 50.6 Å². The number of aromatic nitrogens is 5. The van der Waals surface area contributed by atoms with Crippen molar-refractivity contribution >= 4 is 5.97 Å². The van der Waals surface area contributed by atoms with Crippen LogP contribution < -0.4 is 0 Å². The monoisotopic (exact) mass is 325 g/mol. The molecule has 0 saturated heterocycles. The Labute approximate surface area is 139 Å². The lowest BCUT2D eigenvalue weighted by Crippen LogP contribution is -2.13. The second-order valence-electron chi connectivity index (χ2n) is 5.63. The molecule has 7 heteroatoms. The number of esters is 1. The first-order chi connectivity index (χ1) is 11.5. The minimum absolute atomic E-state index is 0.282. The van der Waals surface area contributed by atoms with Crippen molar-refractivity contribution in [3.8, 4) is 5.69 Å². The summed E-state index contributed by atoms with van der Waals surface area (Å²) >= 11 is 0. The fourth-order valence-corrected chi connectivity index (χ4v) is 2.58. The summed E-state index contributed by atoms with van der Waals surface area (Å²) in [6.07, 6.45) is 3.09. The first kappa shape index (κ1) is 15.9. The van der Waals surface area contributed by atoms with E-state index in [1.165, 1.54) is 6.33 Å². The van der Waals surface area contributed by atoms with Gasteiger partial charge in [-0.25, -0.2) is 14.5 Å². The van der Waals surface area contributed by atoms with Crippen LogP contribution in [0.1, 0.15) is 27.3 Å². The van der Waals surface area contributed by atoms with E-state index in [0.717, 1.165) is 22.6 Å². The van der Waals surface area contributed by atoms with E-state index < -0.39 is 0 Å². The van der Waals surface area contributed by atoms with Crippen molar-refractivity contribution in [2.24, 2.45) is 0 Å². The molecule has 124 valence electrons. The van der Waals surface area contributed by atoms with Crippen LogP contribution in [0, 0.1) is 20.8 Å². The molecule has 1 aromatic carbocycles. The summed E-state index contributed by atoms with van der Waals surface area (Å²) in [6, 6.07) is 7.36. The van der Waals surface area contributed by atoms with Crippen LogP contribution in [0.2, 0.25) is 0 Å². The number of benzene rings is 1. The zero-order valence-corrected chi connectivity index (χ0v) is 13.9. The van der Waals surface area contributed by atoms with Crippen LogP contribution in [-0.4, -0.2) is 37.1 Å². The molecule has 0 spiro atoms. The predicted octanol–water partition coefficient (Wildman–Crippen LogP) is 2.25. The van der Waals surface area contributed by atoms with Crippen molar-refractivity contribution in [2.75, 3.05) is 6.61 Å². The van der Waals surface area contributed by atoms with Crippen LogP contribution in [0.3, 0.4) is 0 Å². The Bertz CT molecular complexity index is 852. The molecule has 0 N–H and O–H groups in total. The Morgan fingerprint density at radius 3 is 2.67 bits per heavy atom. The van der Waals surface area contributed by atoms with Gasteiger partial charge in [-0.1, -0.05) is 0 Å². The number of hydrogen-bond donors (Lipinski definition) is 0. The van der Waals surface area contributed by atoms with Crippen molar-refractivity contribution in [1.82, 2.24) is 24.5 Å². The first-order valence-electron chi connectivity index (χ1n) is 7.68. The van der Waals surface area contributed by atoms with Gasteiger partial charge in [0, 0.05) is 5.69 Å². The lowest BCUT2D eigenvalue weighted by molar-refractivity contribution is 0.0487. The van der Waals surface area contributed by atoms with Gasteiger partial charge in [0.15, 0.2) is 0 Å². The molecule has 0 unspecified atom stereocenters. The zero-order chi connectivity index (χ0) is 17.1. The molecule has 0 aliphatic carbocycles. The molecule has 0 saturated carbocycles. The normalized spacial score (nSPS) is 10.8. The van der Waals surface area contributed by atoms with E-state index in [1.807, 2.05) is 37.6 Å². The number of ether oxygens (including phenoxy) is 1. The average Bonchev–Trinajstić information content (AvgIpc) is 3.17. The molecule has 2 aromatic heterocycles. The summed E-state index contributed by atoms with van der Waals surface area (Å²) in [7, 11) is 0. The Kier molecular flexibility index (Phi) is 4.41. The molecule has 0 amide bonds. The topological polar surface area (TPSA) is 74.8 Å². The molecular formula is C17H19N5O2. The van der Waals surface area contributed by atoms with E-state index >= 15 is 0 Å². The molecule has 3 aromatic rings. The number of carbonyl (C=O) groups is 1. The molecule has 3 rings (SSSR count). The van der Waals surface area contributed by atoms with Gasteiger partial charge >= 0.3 is 5.97 Å². The summed E-state index contributed by atoms with van der Waals surface area (Å²) in [5.41, 5.74) is 4.33. The van der Waals surface area contributed by atoms with Gasteiger partial charge < -0.3 is 4.74 Å². The first-order valence-corrected chi connectivity index (χ1v) is 7.68. The van der Waals surface area contributed by atoms with Gasteiger partial charge in [0.25, 0.3) is 0 Å². The summed E-state index contributed by atoms with van der Waals surface area (Å²) in [5, 5.41) is 8.44.